The molecule has 0 unspecified atom stereocenters. The van der Waals surface area contributed by atoms with E-state index in [9.17, 15) is 4.79 Å². The lowest BCUT2D eigenvalue weighted by atomic mass is 10.0. The minimum Gasteiger partial charge on any atom is -0.335 e. The van der Waals surface area contributed by atoms with Gasteiger partial charge in [-0.15, -0.1) is 0 Å². The number of urea groups is 1. The van der Waals surface area contributed by atoms with Gasteiger partial charge in [0.05, 0.1) is 6.04 Å². The zero-order valence-electron chi connectivity index (χ0n) is 11.0. The van der Waals surface area contributed by atoms with Crippen molar-refractivity contribution >= 4 is 16.8 Å². The van der Waals surface area contributed by atoms with Gasteiger partial charge in [-0.05, 0) is 42.2 Å². The first-order chi connectivity index (χ1) is 9.22. The van der Waals surface area contributed by atoms with Crippen LogP contribution in [0.25, 0.3) is 10.8 Å². The lowest BCUT2D eigenvalue weighted by Gasteiger charge is -2.15. The first-order valence-electron chi connectivity index (χ1n) is 6.78. The van der Waals surface area contributed by atoms with Crippen molar-refractivity contribution in [3.05, 3.63) is 48.0 Å². The highest BCUT2D eigenvalue weighted by Crippen LogP contribution is 2.21. The van der Waals surface area contributed by atoms with Crippen molar-refractivity contribution in [3.63, 3.8) is 0 Å². The Kier molecular flexibility index (Phi) is 3.11. The maximum atomic E-state index is 11.7. The molecule has 1 atom stereocenters. The Balaban J connectivity index is 1.72. The quantitative estimate of drug-likeness (QED) is 0.866. The second kappa shape index (κ2) is 4.92. The molecule has 0 aromatic heterocycles. The minimum absolute atomic E-state index is 0.0170. The maximum Gasteiger partial charge on any atom is 0.315 e. The number of amides is 2. The molecule has 19 heavy (non-hydrogen) atoms. The van der Waals surface area contributed by atoms with Crippen molar-refractivity contribution in [3.8, 4) is 0 Å². The Morgan fingerprint density at radius 3 is 2.63 bits per heavy atom. The number of hydrogen-bond donors (Lipinski definition) is 2. The smallest absolute Gasteiger partial charge is 0.315 e. The van der Waals surface area contributed by atoms with Gasteiger partial charge in [0.15, 0.2) is 0 Å². The zero-order valence-corrected chi connectivity index (χ0v) is 11.0. The van der Waals surface area contributed by atoms with E-state index in [0.717, 1.165) is 18.4 Å². The van der Waals surface area contributed by atoms with E-state index < -0.39 is 0 Å². The summed E-state index contributed by atoms with van der Waals surface area (Å²) in [5, 5.41) is 8.35. The highest BCUT2D eigenvalue weighted by molar-refractivity contribution is 5.83. The van der Waals surface area contributed by atoms with Crippen LogP contribution < -0.4 is 10.6 Å². The second-order valence-corrected chi connectivity index (χ2v) is 5.22. The fraction of sp³-hybridized carbons (Fsp3) is 0.312. The van der Waals surface area contributed by atoms with Crippen LogP contribution in [-0.4, -0.2) is 12.1 Å². The van der Waals surface area contributed by atoms with Gasteiger partial charge in [0.25, 0.3) is 0 Å². The highest BCUT2D eigenvalue weighted by Gasteiger charge is 2.23. The van der Waals surface area contributed by atoms with Crippen LogP contribution in [-0.2, 0) is 0 Å². The third kappa shape index (κ3) is 2.87. The maximum absolute atomic E-state index is 11.7. The summed E-state index contributed by atoms with van der Waals surface area (Å²) in [5.74, 6) is 0. The predicted molar refractivity (Wildman–Crippen MR) is 77.1 cm³/mol. The van der Waals surface area contributed by atoms with Crippen molar-refractivity contribution in [1.29, 1.82) is 0 Å². The number of carbonyl (C=O) groups excluding carboxylic acids is 1. The largest absolute Gasteiger partial charge is 0.335 e. The number of benzene rings is 2. The van der Waals surface area contributed by atoms with Crippen LogP contribution in [0.4, 0.5) is 4.79 Å². The normalized spacial score (nSPS) is 16.1. The van der Waals surface area contributed by atoms with Crippen LogP contribution in [0.15, 0.2) is 42.5 Å². The average Bonchev–Trinajstić information content (AvgIpc) is 3.21. The summed E-state index contributed by atoms with van der Waals surface area (Å²) >= 11 is 0. The van der Waals surface area contributed by atoms with Crippen LogP contribution in [0.3, 0.4) is 0 Å². The molecular weight excluding hydrogens is 236 g/mol. The minimum atomic E-state index is -0.0665. The summed E-state index contributed by atoms with van der Waals surface area (Å²) in [4.78, 5) is 11.7. The van der Waals surface area contributed by atoms with Crippen molar-refractivity contribution < 1.29 is 4.79 Å². The Morgan fingerprint density at radius 2 is 1.89 bits per heavy atom. The number of fused-ring (bicyclic) bond motifs is 1. The van der Waals surface area contributed by atoms with Gasteiger partial charge in [-0.3, -0.25) is 0 Å². The van der Waals surface area contributed by atoms with Gasteiger partial charge in [-0.2, -0.15) is 0 Å². The summed E-state index contributed by atoms with van der Waals surface area (Å²) in [6.07, 6.45) is 2.22. The van der Waals surface area contributed by atoms with Gasteiger partial charge in [-0.25, -0.2) is 4.79 Å². The van der Waals surface area contributed by atoms with Crippen molar-refractivity contribution in [2.75, 3.05) is 0 Å². The van der Waals surface area contributed by atoms with Crippen LogP contribution in [0.1, 0.15) is 31.4 Å². The summed E-state index contributed by atoms with van der Waals surface area (Å²) in [7, 11) is 0. The molecular formula is C16H18N2O. The predicted octanol–water partition coefficient (Wildman–Crippen LogP) is 3.36. The first kappa shape index (κ1) is 12.0. The number of carbonyl (C=O) groups is 1. The Hall–Kier alpha value is -2.03. The van der Waals surface area contributed by atoms with Crippen LogP contribution >= 0.6 is 0 Å². The molecule has 1 aliphatic carbocycles. The fourth-order valence-corrected chi connectivity index (χ4v) is 2.21. The lowest BCUT2D eigenvalue weighted by Crippen LogP contribution is -2.38. The topological polar surface area (TPSA) is 41.1 Å². The number of nitrogens with one attached hydrogen (secondary N) is 2. The van der Waals surface area contributed by atoms with Crippen molar-refractivity contribution in [2.24, 2.45) is 0 Å². The summed E-state index contributed by atoms with van der Waals surface area (Å²) in [5.41, 5.74) is 1.13. The van der Waals surface area contributed by atoms with E-state index in [1.165, 1.54) is 10.8 Å². The molecule has 2 aromatic carbocycles. The Labute approximate surface area is 113 Å². The fourth-order valence-electron chi connectivity index (χ4n) is 2.21. The standard InChI is InChI=1S/C16H18N2O/c1-11(17-16(19)18-15-8-9-15)13-7-6-12-4-2-3-5-14(12)10-13/h2-7,10-11,15H,8-9H2,1H3,(H2,17,18,19)/t11-/m1/s1. The van der Waals surface area contributed by atoms with Gasteiger partial charge < -0.3 is 10.6 Å². The van der Waals surface area contributed by atoms with Gasteiger partial charge in [0.1, 0.15) is 0 Å². The first-order valence-corrected chi connectivity index (χ1v) is 6.78. The molecule has 0 saturated heterocycles. The summed E-state index contributed by atoms with van der Waals surface area (Å²) < 4.78 is 0. The van der Waals surface area contributed by atoms with E-state index in [0.29, 0.717) is 6.04 Å². The number of hydrogen-bond acceptors (Lipinski definition) is 1. The van der Waals surface area contributed by atoms with Crippen LogP contribution in [0.5, 0.6) is 0 Å². The Bertz CT molecular complexity index is 604. The van der Waals surface area contributed by atoms with Crippen molar-refractivity contribution in [1.82, 2.24) is 10.6 Å². The van der Waals surface area contributed by atoms with Gasteiger partial charge in [-0.1, -0.05) is 36.4 Å². The SMILES string of the molecule is C[C@@H](NC(=O)NC1CC1)c1ccc2ccccc2c1. The molecule has 0 heterocycles. The van der Waals surface area contributed by atoms with E-state index >= 15 is 0 Å². The van der Waals surface area contributed by atoms with E-state index in [1.807, 2.05) is 19.1 Å². The van der Waals surface area contributed by atoms with E-state index in [1.54, 1.807) is 0 Å². The van der Waals surface area contributed by atoms with E-state index in [-0.39, 0.29) is 12.1 Å². The highest BCUT2D eigenvalue weighted by atomic mass is 16.2. The molecule has 0 bridgehead atoms. The molecule has 2 aromatic rings. The molecule has 98 valence electrons. The summed E-state index contributed by atoms with van der Waals surface area (Å²) in [6.45, 7) is 2.01. The molecule has 1 fully saturated rings. The molecule has 0 aliphatic heterocycles. The van der Waals surface area contributed by atoms with Gasteiger partial charge in [0.2, 0.25) is 0 Å². The third-order valence-electron chi connectivity index (χ3n) is 3.53. The zero-order chi connectivity index (χ0) is 13.2. The monoisotopic (exact) mass is 254 g/mol. The van der Waals surface area contributed by atoms with E-state index in [4.69, 9.17) is 0 Å². The summed E-state index contributed by atoms with van der Waals surface area (Å²) in [6, 6.07) is 14.9. The molecule has 1 aliphatic rings. The molecule has 2 N–H and O–H groups in total. The lowest BCUT2D eigenvalue weighted by molar-refractivity contribution is 0.237. The van der Waals surface area contributed by atoms with E-state index in [2.05, 4.69) is 41.0 Å². The average molecular weight is 254 g/mol. The molecule has 2 amide bonds. The van der Waals surface area contributed by atoms with Gasteiger partial charge >= 0.3 is 6.03 Å². The molecule has 0 spiro atoms. The molecule has 3 heteroatoms. The van der Waals surface area contributed by atoms with Crippen LogP contribution in [0.2, 0.25) is 0 Å². The molecule has 1 saturated carbocycles. The molecule has 0 radical (unpaired) electrons. The number of rotatable bonds is 3. The second-order valence-electron chi connectivity index (χ2n) is 5.22. The molecule has 3 nitrogen and oxygen atoms in total. The third-order valence-corrected chi connectivity index (χ3v) is 3.53. The van der Waals surface area contributed by atoms with Crippen molar-refractivity contribution in [2.45, 2.75) is 31.8 Å². The van der Waals surface area contributed by atoms with Crippen LogP contribution in [0, 0.1) is 0 Å². The van der Waals surface area contributed by atoms with Gasteiger partial charge in [0, 0.05) is 6.04 Å². The Morgan fingerprint density at radius 1 is 1.16 bits per heavy atom. The molecule has 3 rings (SSSR count).